The van der Waals surface area contributed by atoms with E-state index >= 15 is 0 Å². The fourth-order valence-electron chi connectivity index (χ4n) is 1.72. The molecule has 9 heteroatoms. The summed E-state index contributed by atoms with van der Waals surface area (Å²) in [6.45, 7) is 0. The lowest BCUT2D eigenvalue weighted by Gasteiger charge is -2.23. The molecule has 0 fully saturated rings. The van der Waals surface area contributed by atoms with E-state index in [1.165, 1.54) is 7.11 Å². The van der Waals surface area contributed by atoms with Crippen LogP contribution in [-0.2, 0) is 9.59 Å². The maximum absolute atomic E-state index is 13.2. The molecule has 1 unspecified atom stereocenters. The molecule has 0 aliphatic carbocycles. The standard InChI is InChI=1S/C11H8FNO5.ClH.H2O/c1-18-6-3-4(12)2-5-7(6)13-8(11(16)17)10(15)9(5)14;;/h2-3,8,13H,1H3,(H,16,17);1H;1H2. The Morgan fingerprint density at radius 2 is 2.00 bits per heavy atom. The van der Waals surface area contributed by atoms with Crippen molar-refractivity contribution >= 4 is 35.6 Å². The van der Waals surface area contributed by atoms with Gasteiger partial charge in [0.1, 0.15) is 11.6 Å². The Balaban J connectivity index is 0.00000180. The number of fused-ring (bicyclic) bond motifs is 1. The van der Waals surface area contributed by atoms with Crippen LogP contribution in [-0.4, -0.2) is 41.3 Å². The zero-order valence-corrected chi connectivity index (χ0v) is 10.9. The molecule has 110 valence electrons. The van der Waals surface area contributed by atoms with Crippen molar-refractivity contribution < 1.29 is 34.1 Å². The van der Waals surface area contributed by atoms with Crippen molar-refractivity contribution in [2.45, 2.75) is 6.04 Å². The summed E-state index contributed by atoms with van der Waals surface area (Å²) in [7, 11) is 1.24. The molecule has 1 atom stereocenters. The highest BCUT2D eigenvalue weighted by molar-refractivity contribution is 6.51. The molecule has 1 aliphatic heterocycles. The van der Waals surface area contributed by atoms with Gasteiger partial charge in [0.15, 0.2) is 6.04 Å². The number of anilines is 1. The Labute approximate surface area is 118 Å². The van der Waals surface area contributed by atoms with E-state index in [2.05, 4.69) is 5.32 Å². The van der Waals surface area contributed by atoms with Crippen LogP contribution in [0.2, 0.25) is 0 Å². The van der Waals surface area contributed by atoms with Gasteiger partial charge < -0.3 is 20.6 Å². The summed E-state index contributed by atoms with van der Waals surface area (Å²) in [6.07, 6.45) is 0. The number of benzene rings is 1. The molecular weight excluding hydrogens is 297 g/mol. The summed E-state index contributed by atoms with van der Waals surface area (Å²) in [5, 5.41) is 11.2. The third-order valence-electron chi connectivity index (χ3n) is 2.55. The lowest BCUT2D eigenvalue weighted by Crippen LogP contribution is -2.45. The molecule has 0 saturated heterocycles. The minimum atomic E-state index is -1.68. The van der Waals surface area contributed by atoms with E-state index in [0.29, 0.717) is 0 Å². The van der Waals surface area contributed by atoms with Crippen molar-refractivity contribution in [1.82, 2.24) is 0 Å². The monoisotopic (exact) mass is 307 g/mol. The number of rotatable bonds is 2. The molecule has 20 heavy (non-hydrogen) atoms. The second-order valence-corrected chi connectivity index (χ2v) is 3.64. The number of carboxylic acids is 1. The van der Waals surface area contributed by atoms with E-state index in [-0.39, 0.29) is 34.9 Å². The zero-order chi connectivity index (χ0) is 13.4. The lowest BCUT2D eigenvalue weighted by molar-refractivity contribution is -0.140. The van der Waals surface area contributed by atoms with Gasteiger partial charge in [0.05, 0.1) is 18.4 Å². The molecular formula is C11H11ClFNO6. The van der Waals surface area contributed by atoms with E-state index in [1.54, 1.807) is 0 Å². The van der Waals surface area contributed by atoms with Crippen LogP contribution in [0.15, 0.2) is 12.1 Å². The average Bonchev–Trinajstić information content (AvgIpc) is 2.32. The van der Waals surface area contributed by atoms with Gasteiger partial charge >= 0.3 is 5.97 Å². The molecule has 4 N–H and O–H groups in total. The fourth-order valence-corrected chi connectivity index (χ4v) is 1.72. The summed E-state index contributed by atoms with van der Waals surface area (Å²) in [6, 6.07) is 0.182. The van der Waals surface area contributed by atoms with Crippen LogP contribution in [0.3, 0.4) is 0 Å². The molecule has 2 rings (SSSR count). The van der Waals surface area contributed by atoms with Crippen molar-refractivity contribution in [2.24, 2.45) is 0 Å². The van der Waals surface area contributed by atoms with E-state index in [4.69, 9.17) is 9.84 Å². The van der Waals surface area contributed by atoms with Gasteiger partial charge in [0, 0.05) is 6.07 Å². The third-order valence-corrected chi connectivity index (χ3v) is 2.55. The Morgan fingerprint density at radius 1 is 1.40 bits per heavy atom. The number of Topliss-reactive ketones (excluding diaryl/α,β-unsaturated/α-hetero) is 2. The normalized spacial score (nSPS) is 16.2. The van der Waals surface area contributed by atoms with E-state index in [9.17, 15) is 18.8 Å². The number of hydrogen-bond acceptors (Lipinski definition) is 5. The number of hydrogen-bond donors (Lipinski definition) is 2. The van der Waals surface area contributed by atoms with Gasteiger partial charge in [0.2, 0.25) is 11.6 Å². The molecule has 1 heterocycles. The first kappa shape index (κ1) is 17.8. The second kappa shape index (κ2) is 6.31. The molecule has 0 spiro atoms. The molecule has 1 aliphatic rings. The molecule has 0 radical (unpaired) electrons. The quantitative estimate of drug-likeness (QED) is 0.588. The van der Waals surface area contributed by atoms with Gasteiger partial charge in [-0.1, -0.05) is 0 Å². The highest BCUT2D eigenvalue weighted by Crippen LogP contribution is 2.33. The van der Waals surface area contributed by atoms with Gasteiger partial charge in [-0.2, -0.15) is 0 Å². The van der Waals surface area contributed by atoms with Crippen molar-refractivity contribution in [2.75, 3.05) is 12.4 Å². The predicted molar refractivity (Wildman–Crippen MR) is 68.2 cm³/mol. The van der Waals surface area contributed by atoms with Gasteiger partial charge in [-0.25, -0.2) is 9.18 Å². The minimum Gasteiger partial charge on any atom is -0.494 e. The van der Waals surface area contributed by atoms with Crippen LogP contribution in [0.5, 0.6) is 5.75 Å². The number of carbonyl (C=O) groups is 3. The van der Waals surface area contributed by atoms with Crippen LogP contribution in [0, 0.1) is 5.82 Å². The summed E-state index contributed by atoms with van der Waals surface area (Å²) in [4.78, 5) is 34.0. The van der Waals surface area contributed by atoms with Crippen LogP contribution in [0.1, 0.15) is 10.4 Å². The predicted octanol–water partition coefficient (Wildman–Crippen LogP) is 0.0619. The Hall–Kier alpha value is -2.19. The van der Waals surface area contributed by atoms with Gasteiger partial charge in [-0.15, -0.1) is 12.4 Å². The third kappa shape index (κ3) is 2.70. The fraction of sp³-hybridized carbons (Fsp3) is 0.182. The van der Waals surface area contributed by atoms with Crippen molar-refractivity contribution in [3.05, 3.63) is 23.5 Å². The summed E-state index contributed by atoms with van der Waals surface area (Å²) in [5.41, 5.74) is -0.217. The number of nitrogens with one attached hydrogen (secondary N) is 1. The molecule has 0 amide bonds. The van der Waals surface area contributed by atoms with Crippen molar-refractivity contribution in [3.63, 3.8) is 0 Å². The number of carboxylic acid groups (broad SMARTS) is 1. The zero-order valence-electron chi connectivity index (χ0n) is 10.1. The molecule has 1 aromatic carbocycles. The van der Waals surface area contributed by atoms with Gasteiger partial charge in [0.25, 0.3) is 0 Å². The number of ether oxygens (including phenoxy) is 1. The smallest absolute Gasteiger partial charge is 0.334 e. The number of halogens is 2. The number of ketones is 2. The summed E-state index contributed by atoms with van der Waals surface area (Å²) >= 11 is 0. The number of methoxy groups -OCH3 is 1. The molecule has 0 aromatic heterocycles. The minimum absolute atomic E-state index is 0. The Morgan fingerprint density at radius 3 is 2.50 bits per heavy atom. The molecule has 7 nitrogen and oxygen atoms in total. The summed E-state index contributed by atoms with van der Waals surface area (Å²) < 4.78 is 18.1. The SMILES string of the molecule is COc1cc(F)cc2c1NC(C(=O)O)C(=O)C2=O.Cl.O. The highest BCUT2D eigenvalue weighted by atomic mass is 35.5. The van der Waals surface area contributed by atoms with Gasteiger partial charge in [-0.3, -0.25) is 9.59 Å². The lowest BCUT2D eigenvalue weighted by atomic mass is 9.95. The van der Waals surface area contributed by atoms with Crippen molar-refractivity contribution in [3.8, 4) is 5.75 Å². The average molecular weight is 308 g/mol. The van der Waals surface area contributed by atoms with E-state index in [0.717, 1.165) is 12.1 Å². The van der Waals surface area contributed by atoms with E-state index < -0.39 is 29.4 Å². The first-order valence-electron chi connectivity index (χ1n) is 4.91. The number of carbonyl (C=O) groups excluding carboxylic acids is 2. The maximum Gasteiger partial charge on any atom is 0.334 e. The first-order valence-corrected chi connectivity index (χ1v) is 4.91. The molecule has 0 bridgehead atoms. The largest absolute Gasteiger partial charge is 0.494 e. The van der Waals surface area contributed by atoms with Crippen LogP contribution in [0.25, 0.3) is 0 Å². The van der Waals surface area contributed by atoms with Crippen LogP contribution < -0.4 is 10.1 Å². The Kier molecular flexibility index (Phi) is 5.62. The van der Waals surface area contributed by atoms with E-state index in [1.807, 2.05) is 0 Å². The van der Waals surface area contributed by atoms with Crippen LogP contribution >= 0.6 is 12.4 Å². The Bertz CT molecular complexity index is 576. The summed E-state index contributed by atoms with van der Waals surface area (Å²) in [5.74, 6) is -4.44. The first-order chi connectivity index (χ1) is 8.45. The van der Waals surface area contributed by atoms with Crippen molar-refractivity contribution in [1.29, 1.82) is 0 Å². The van der Waals surface area contributed by atoms with Gasteiger partial charge in [-0.05, 0) is 6.07 Å². The highest BCUT2D eigenvalue weighted by Gasteiger charge is 2.39. The maximum atomic E-state index is 13.2. The molecule has 0 saturated carbocycles. The second-order valence-electron chi connectivity index (χ2n) is 3.64. The topological polar surface area (TPSA) is 124 Å². The van der Waals surface area contributed by atoms with Crippen LogP contribution in [0.4, 0.5) is 10.1 Å². The number of aliphatic carboxylic acids is 1. The molecule has 1 aromatic rings.